The first-order chi connectivity index (χ1) is 12.5. The summed E-state index contributed by atoms with van der Waals surface area (Å²) in [6.45, 7) is 5.30. The van der Waals surface area contributed by atoms with Gasteiger partial charge < -0.3 is 10.6 Å². The van der Waals surface area contributed by atoms with Gasteiger partial charge >= 0.3 is 0 Å². The van der Waals surface area contributed by atoms with E-state index in [1.807, 2.05) is 61.0 Å². The summed E-state index contributed by atoms with van der Waals surface area (Å²) in [5, 5.41) is 12.5. The molecular formula is C20H21ClN4S. The lowest BCUT2D eigenvalue weighted by Crippen LogP contribution is -2.28. The second kappa shape index (κ2) is 8.34. The third kappa shape index (κ3) is 4.42. The largest absolute Gasteiger partial charge is 0.358 e. The lowest BCUT2D eigenvalue weighted by molar-refractivity contribution is 0.659. The van der Waals surface area contributed by atoms with Crippen LogP contribution in [0.15, 0.2) is 54.6 Å². The van der Waals surface area contributed by atoms with Gasteiger partial charge in [-0.25, -0.2) is 0 Å². The molecule has 0 unspecified atom stereocenters. The van der Waals surface area contributed by atoms with Crippen molar-refractivity contribution < 1.29 is 0 Å². The molecule has 6 heteroatoms. The maximum atomic E-state index is 6.27. The van der Waals surface area contributed by atoms with Crippen molar-refractivity contribution in [1.29, 1.82) is 0 Å². The normalized spacial score (nSPS) is 10.6. The minimum atomic E-state index is 0.581. The van der Waals surface area contributed by atoms with Gasteiger partial charge in [0.1, 0.15) is 0 Å². The van der Waals surface area contributed by atoms with Crippen LogP contribution in [0.5, 0.6) is 0 Å². The van der Waals surface area contributed by atoms with Crippen LogP contribution in [0.4, 0.5) is 5.69 Å². The van der Waals surface area contributed by atoms with E-state index in [9.17, 15) is 0 Å². The average Bonchev–Trinajstić information content (AvgIpc) is 2.90. The van der Waals surface area contributed by atoms with Crippen molar-refractivity contribution in [3.8, 4) is 0 Å². The van der Waals surface area contributed by atoms with Crippen molar-refractivity contribution in [2.75, 3.05) is 5.32 Å². The Morgan fingerprint density at radius 2 is 1.77 bits per heavy atom. The molecule has 26 heavy (non-hydrogen) atoms. The molecule has 4 nitrogen and oxygen atoms in total. The molecule has 3 aromatic rings. The number of hydrogen-bond donors (Lipinski definition) is 2. The molecule has 134 valence electrons. The number of nitrogens with one attached hydrogen (secondary N) is 2. The van der Waals surface area contributed by atoms with Crippen LogP contribution >= 0.6 is 23.8 Å². The summed E-state index contributed by atoms with van der Waals surface area (Å²) in [7, 11) is 0. The topological polar surface area (TPSA) is 41.9 Å². The van der Waals surface area contributed by atoms with E-state index < -0.39 is 0 Å². The van der Waals surface area contributed by atoms with Crippen LogP contribution in [0.2, 0.25) is 5.02 Å². The molecule has 0 aliphatic heterocycles. The molecule has 1 aromatic heterocycles. The van der Waals surface area contributed by atoms with E-state index in [0.29, 0.717) is 18.2 Å². The molecule has 0 saturated heterocycles. The number of nitrogens with zero attached hydrogens (tertiary/aromatic N) is 2. The standard InChI is InChI=1S/C20H21ClN4S/c1-14-19(23-20(26)22-12-16-8-4-3-5-9-16)15(2)25(24-14)13-17-10-6-7-11-18(17)21/h3-11H,12-13H2,1-2H3,(H2,22,23,26). The van der Waals surface area contributed by atoms with Crippen molar-refractivity contribution >= 4 is 34.6 Å². The molecule has 1 heterocycles. The van der Waals surface area contributed by atoms with Crippen molar-refractivity contribution in [1.82, 2.24) is 15.1 Å². The predicted molar refractivity (Wildman–Crippen MR) is 112 cm³/mol. The Hall–Kier alpha value is -2.37. The summed E-state index contributed by atoms with van der Waals surface area (Å²) in [6, 6.07) is 18.0. The smallest absolute Gasteiger partial charge is 0.171 e. The summed E-state index contributed by atoms with van der Waals surface area (Å²) in [4.78, 5) is 0. The van der Waals surface area contributed by atoms with E-state index in [2.05, 4.69) is 27.9 Å². The number of aryl methyl sites for hydroxylation is 1. The van der Waals surface area contributed by atoms with E-state index in [0.717, 1.165) is 27.7 Å². The lowest BCUT2D eigenvalue weighted by atomic mass is 10.2. The zero-order valence-electron chi connectivity index (χ0n) is 14.8. The van der Waals surface area contributed by atoms with Gasteiger partial charge in [-0.05, 0) is 43.3 Å². The van der Waals surface area contributed by atoms with Gasteiger partial charge in [0.2, 0.25) is 0 Å². The molecule has 0 amide bonds. The number of aromatic nitrogens is 2. The highest BCUT2D eigenvalue weighted by molar-refractivity contribution is 7.80. The monoisotopic (exact) mass is 384 g/mol. The minimum absolute atomic E-state index is 0.581. The number of thiocarbonyl (C=S) groups is 1. The molecule has 0 saturated carbocycles. The average molecular weight is 385 g/mol. The van der Waals surface area contributed by atoms with Gasteiger partial charge in [0.25, 0.3) is 0 Å². The van der Waals surface area contributed by atoms with Gasteiger partial charge in [0, 0.05) is 11.6 Å². The second-order valence-corrected chi connectivity index (χ2v) is 6.90. The Morgan fingerprint density at radius 1 is 1.08 bits per heavy atom. The molecule has 3 rings (SSSR count). The number of anilines is 1. The van der Waals surface area contributed by atoms with Gasteiger partial charge in [0.15, 0.2) is 5.11 Å². The fourth-order valence-corrected chi connectivity index (χ4v) is 3.13. The number of rotatable bonds is 5. The van der Waals surface area contributed by atoms with Crippen LogP contribution in [0, 0.1) is 13.8 Å². The minimum Gasteiger partial charge on any atom is -0.358 e. The number of hydrogen-bond acceptors (Lipinski definition) is 2. The third-order valence-electron chi connectivity index (χ3n) is 4.19. The number of halogens is 1. The Labute approximate surface area is 164 Å². The van der Waals surface area contributed by atoms with Gasteiger partial charge in [-0.2, -0.15) is 5.10 Å². The van der Waals surface area contributed by atoms with E-state index >= 15 is 0 Å². The van der Waals surface area contributed by atoms with Crippen LogP contribution < -0.4 is 10.6 Å². The highest BCUT2D eigenvalue weighted by atomic mass is 35.5. The Kier molecular flexibility index (Phi) is 5.91. The van der Waals surface area contributed by atoms with Crippen LogP contribution in [0.25, 0.3) is 0 Å². The zero-order chi connectivity index (χ0) is 18.5. The molecule has 0 atom stereocenters. The van der Waals surface area contributed by atoms with E-state index in [1.54, 1.807) is 0 Å². The molecule has 2 N–H and O–H groups in total. The van der Waals surface area contributed by atoms with Crippen LogP contribution in [0.1, 0.15) is 22.5 Å². The van der Waals surface area contributed by atoms with Gasteiger partial charge in [-0.1, -0.05) is 60.1 Å². The Balaban J connectivity index is 1.68. The van der Waals surface area contributed by atoms with E-state index in [4.69, 9.17) is 23.8 Å². The Morgan fingerprint density at radius 3 is 2.50 bits per heavy atom. The van der Waals surface area contributed by atoms with E-state index in [1.165, 1.54) is 5.56 Å². The summed E-state index contributed by atoms with van der Waals surface area (Å²) >= 11 is 11.7. The summed E-state index contributed by atoms with van der Waals surface area (Å²) in [5.74, 6) is 0. The summed E-state index contributed by atoms with van der Waals surface area (Å²) < 4.78 is 1.94. The van der Waals surface area contributed by atoms with Gasteiger partial charge in [-0.15, -0.1) is 0 Å². The fraction of sp³-hybridized carbons (Fsp3) is 0.200. The molecule has 0 radical (unpaired) electrons. The van der Waals surface area contributed by atoms with E-state index in [-0.39, 0.29) is 0 Å². The van der Waals surface area contributed by atoms with Crippen LogP contribution in [-0.2, 0) is 13.1 Å². The number of benzene rings is 2. The first kappa shape index (κ1) is 18.4. The molecule has 0 bridgehead atoms. The first-order valence-electron chi connectivity index (χ1n) is 8.41. The van der Waals surface area contributed by atoms with Crippen LogP contribution in [0.3, 0.4) is 0 Å². The predicted octanol–water partition coefficient (Wildman–Crippen LogP) is 4.69. The molecular weight excluding hydrogens is 364 g/mol. The SMILES string of the molecule is Cc1nn(Cc2ccccc2Cl)c(C)c1NC(=S)NCc1ccccc1. The Bertz CT molecular complexity index is 905. The van der Waals surface area contributed by atoms with Gasteiger partial charge in [-0.3, -0.25) is 4.68 Å². The summed E-state index contributed by atoms with van der Waals surface area (Å²) in [5.41, 5.74) is 5.07. The highest BCUT2D eigenvalue weighted by Crippen LogP contribution is 2.22. The van der Waals surface area contributed by atoms with Crippen molar-refractivity contribution in [2.24, 2.45) is 0 Å². The lowest BCUT2D eigenvalue weighted by Gasteiger charge is -2.11. The maximum Gasteiger partial charge on any atom is 0.171 e. The molecule has 2 aromatic carbocycles. The third-order valence-corrected chi connectivity index (χ3v) is 4.81. The highest BCUT2D eigenvalue weighted by Gasteiger charge is 2.13. The zero-order valence-corrected chi connectivity index (χ0v) is 16.4. The molecule has 0 aliphatic carbocycles. The van der Waals surface area contributed by atoms with Crippen molar-refractivity contribution in [3.05, 3.63) is 82.1 Å². The fourth-order valence-electron chi connectivity index (χ4n) is 2.76. The molecule has 0 spiro atoms. The van der Waals surface area contributed by atoms with Crippen LogP contribution in [-0.4, -0.2) is 14.9 Å². The van der Waals surface area contributed by atoms with Crippen molar-refractivity contribution in [3.63, 3.8) is 0 Å². The first-order valence-corrected chi connectivity index (χ1v) is 9.19. The molecule has 0 fully saturated rings. The molecule has 0 aliphatic rings. The maximum absolute atomic E-state index is 6.27. The van der Waals surface area contributed by atoms with Gasteiger partial charge in [0.05, 0.1) is 23.6 Å². The van der Waals surface area contributed by atoms with Crippen molar-refractivity contribution in [2.45, 2.75) is 26.9 Å². The summed E-state index contributed by atoms with van der Waals surface area (Å²) in [6.07, 6.45) is 0. The quantitative estimate of drug-likeness (QED) is 0.626. The second-order valence-electron chi connectivity index (χ2n) is 6.09.